The first-order valence-corrected chi connectivity index (χ1v) is 6.70. The first kappa shape index (κ1) is 14.8. The number of ketones is 1. The Hall–Kier alpha value is -2.62. The van der Waals surface area contributed by atoms with E-state index in [9.17, 15) is 9.59 Å². The quantitative estimate of drug-likeness (QED) is 0.858. The van der Waals surface area contributed by atoms with Crippen LogP contribution in [0.5, 0.6) is 0 Å². The van der Waals surface area contributed by atoms with Gasteiger partial charge in [-0.15, -0.1) is 0 Å². The van der Waals surface area contributed by atoms with Crippen LogP contribution in [0.1, 0.15) is 21.5 Å². The zero-order valence-electron chi connectivity index (χ0n) is 11.8. The fourth-order valence-electron chi connectivity index (χ4n) is 1.91. The molecule has 0 saturated carbocycles. The zero-order valence-corrected chi connectivity index (χ0v) is 11.8. The van der Waals surface area contributed by atoms with Crippen molar-refractivity contribution in [2.24, 2.45) is 0 Å². The largest absolute Gasteiger partial charge is 0.445 e. The number of benzene rings is 2. The van der Waals surface area contributed by atoms with Crippen LogP contribution < -0.4 is 5.32 Å². The first-order chi connectivity index (χ1) is 10.2. The Labute approximate surface area is 123 Å². The summed E-state index contributed by atoms with van der Waals surface area (Å²) in [5, 5.41) is 2.47. The van der Waals surface area contributed by atoms with E-state index < -0.39 is 6.09 Å². The predicted molar refractivity (Wildman–Crippen MR) is 80.1 cm³/mol. The maximum Gasteiger partial charge on any atom is 0.407 e. The van der Waals surface area contributed by atoms with Gasteiger partial charge in [-0.05, 0) is 18.1 Å². The molecule has 4 nitrogen and oxygen atoms in total. The van der Waals surface area contributed by atoms with Gasteiger partial charge < -0.3 is 10.1 Å². The lowest BCUT2D eigenvalue weighted by Crippen LogP contribution is -2.30. The number of nitrogens with one attached hydrogen (secondary N) is 1. The molecule has 2 aromatic carbocycles. The lowest BCUT2D eigenvalue weighted by Gasteiger charge is -2.08. The van der Waals surface area contributed by atoms with Crippen LogP contribution in [0.3, 0.4) is 0 Å². The van der Waals surface area contributed by atoms with Gasteiger partial charge in [-0.2, -0.15) is 0 Å². The third-order valence-corrected chi connectivity index (χ3v) is 3.05. The number of Topliss-reactive ketones (excluding diaryl/α,β-unsaturated/α-hetero) is 1. The minimum absolute atomic E-state index is 0.0710. The Morgan fingerprint density at radius 1 is 1.00 bits per heavy atom. The number of carbonyl (C=O) groups is 2. The molecule has 21 heavy (non-hydrogen) atoms. The standard InChI is InChI=1S/C17H17NO3/c1-13-7-5-6-10-15(13)16(19)11-18-17(20)21-12-14-8-3-2-4-9-14/h2-10H,11-12H2,1H3,(H,18,20). The third-order valence-electron chi connectivity index (χ3n) is 3.05. The molecule has 108 valence electrons. The van der Waals surface area contributed by atoms with Crippen molar-refractivity contribution in [1.82, 2.24) is 5.32 Å². The van der Waals surface area contributed by atoms with E-state index in [0.717, 1.165) is 11.1 Å². The molecule has 2 aromatic rings. The molecular weight excluding hydrogens is 266 g/mol. The van der Waals surface area contributed by atoms with Crippen LogP contribution in [-0.4, -0.2) is 18.4 Å². The molecule has 0 aromatic heterocycles. The van der Waals surface area contributed by atoms with Crippen molar-refractivity contribution in [3.05, 3.63) is 71.3 Å². The second-order valence-electron chi connectivity index (χ2n) is 4.65. The van der Waals surface area contributed by atoms with E-state index in [1.54, 1.807) is 12.1 Å². The third kappa shape index (κ3) is 4.45. The molecule has 1 N–H and O–H groups in total. The van der Waals surface area contributed by atoms with E-state index in [1.165, 1.54) is 0 Å². The van der Waals surface area contributed by atoms with Crippen LogP contribution in [0.15, 0.2) is 54.6 Å². The van der Waals surface area contributed by atoms with Crippen molar-refractivity contribution < 1.29 is 14.3 Å². The van der Waals surface area contributed by atoms with Crippen molar-refractivity contribution in [2.45, 2.75) is 13.5 Å². The average molecular weight is 283 g/mol. The summed E-state index contributed by atoms with van der Waals surface area (Å²) in [4.78, 5) is 23.5. The lowest BCUT2D eigenvalue weighted by atomic mass is 10.1. The summed E-state index contributed by atoms with van der Waals surface area (Å²) in [6.07, 6.45) is -0.596. The Balaban J connectivity index is 1.79. The highest BCUT2D eigenvalue weighted by Gasteiger charge is 2.10. The van der Waals surface area contributed by atoms with Crippen molar-refractivity contribution in [3.8, 4) is 0 Å². The molecule has 0 bridgehead atoms. The molecule has 0 heterocycles. The highest BCUT2D eigenvalue weighted by Crippen LogP contribution is 2.07. The maximum absolute atomic E-state index is 12.0. The van der Waals surface area contributed by atoms with Crippen molar-refractivity contribution in [2.75, 3.05) is 6.54 Å². The summed E-state index contributed by atoms with van der Waals surface area (Å²) in [6.45, 7) is 1.98. The summed E-state index contributed by atoms with van der Waals surface area (Å²) in [6, 6.07) is 16.6. The number of amides is 1. The van der Waals surface area contributed by atoms with Crippen LogP contribution in [0.2, 0.25) is 0 Å². The first-order valence-electron chi connectivity index (χ1n) is 6.70. The molecule has 4 heteroatoms. The fraction of sp³-hybridized carbons (Fsp3) is 0.176. The molecular formula is C17H17NO3. The predicted octanol–water partition coefficient (Wildman–Crippen LogP) is 3.10. The number of hydrogen-bond acceptors (Lipinski definition) is 3. The van der Waals surface area contributed by atoms with Crippen LogP contribution in [0, 0.1) is 6.92 Å². The summed E-state index contributed by atoms with van der Waals surface area (Å²) in [7, 11) is 0. The van der Waals surface area contributed by atoms with Gasteiger partial charge in [0.15, 0.2) is 5.78 Å². The molecule has 0 saturated heterocycles. The molecule has 0 spiro atoms. The zero-order chi connectivity index (χ0) is 15.1. The summed E-state index contributed by atoms with van der Waals surface area (Å²) >= 11 is 0. The SMILES string of the molecule is Cc1ccccc1C(=O)CNC(=O)OCc1ccccc1. The van der Waals surface area contributed by atoms with E-state index in [4.69, 9.17) is 4.74 Å². The topological polar surface area (TPSA) is 55.4 Å². The number of hydrogen-bond donors (Lipinski definition) is 1. The molecule has 0 atom stereocenters. The van der Waals surface area contributed by atoms with Crippen molar-refractivity contribution in [1.29, 1.82) is 0 Å². The van der Waals surface area contributed by atoms with Gasteiger partial charge in [0.25, 0.3) is 0 Å². The molecule has 0 aliphatic carbocycles. The lowest BCUT2D eigenvalue weighted by molar-refractivity contribution is 0.0973. The number of aryl methyl sites for hydroxylation is 1. The number of rotatable bonds is 5. The van der Waals surface area contributed by atoms with Crippen LogP contribution in [0.25, 0.3) is 0 Å². The average Bonchev–Trinajstić information content (AvgIpc) is 2.52. The van der Waals surface area contributed by atoms with Gasteiger partial charge in [0.05, 0.1) is 6.54 Å². The molecule has 0 unspecified atom stereocenters. The van der Waals surface area contributed by atoms with Crippen molar-refractivity contribution >= 4 is 11.9 Å². The van der Waals surface area contributed by atoms with Crippen LogP contribution in [-0.2, 0) is 11.3 Å². The number of carbonyl (C=O) groups excluding carboxylic acids is 2. The minimum atomic E-state index is -0.596. The van der Waals surface area contributed by atoms with E-state index in [1.807, 2.05) is 49.4 Å². The van der Waals surface area contributed by atoms with E-state index in [-0.39, 0.29) is 18.9 Å². The minimum Gasteiger partial charge on any atom is -0.445 e. The van der Waals surface area contributed by atoms with Gasteiger partial charge in [0, 0.05) is 5.56 Å². The molecule has 0 radical (unpaired) electrons. The highest BCUT2D eigenvalue weighted by molar-refractivity contribution is 6.00. The summed E-state index contributed by atoms with van der Waals surface area (Å²) in [5.74, 6) is -0.134. The molecule has 0 aliphatic rings. The smallest absolute Gasteiger partial charge is 0.407 e. The van der Waals surface area contributed by atoms with Gasteiger partial charge in [-0.3, -0.25) is 4.79 Å². The normalized spacial score (nSPS) is 9.95. The Kier molecular flexibility index (Phi) is 5.10. The Bertz CT molecular complexity index is 623. The number of ether oxygens (including phenoxy) is 1. The second-order valence-corrected chi connectivity index (χ2v) is 4.65. The van der Waals surface area contributed by atoms with E-state index in [2.05, 4.69) is 5.32 Å². The van der Waals surface area contributed by atoms with E-state index >= 15 is 0 Å². The monoisotopic (exact) mass is 283 g/mol. The molecule has 0 aliphatic heterocycles. The summed E-state index contributed by atoms with van der Waals surface area (Å²) < 4.78 is 5.04. The van der Waals surface area contributed by atoms with Gasteiger partial charge in [-0.25, -0.2) is 4.79 Å². The van der Waals surface area contributed by atoms with Crippen LogP contribution in [0.4, 0.5) is 4.79 Å². The summed E-state index contributed by atoms with van der Waals surface area (Å²) in [5.41, 5.74) is 2.40. The molecule has 1 amide bonds. The van der Waals surface area contributed by atoms with E-state index in [0.29, 0.717) is 5.56 Å². The van der Waals surface area contributed by atoms with Gasteiger partial charge in [-0.1, -0.05) is 54.6 Å². The highest BCUT2D eigenvalue weighted by atomic mass is 16.5. The maximum atomic E-state index is 12.0. The van der Waals surface area contributed by atoms with Gasteiger partial charge in [0.2, 0.25) is 0 Å². The Morgan fingerprint density at radius 3 is 2.38 bits per heavy atom. The molecule has 2 rings (SSSR count). The molecule has 0 fully saturated rings. The van der Waals surface area contributed by atoms with Gasteiger partial charge in [0.1, 0.15) is 6.61 Å². The second kappa shape index (κ2) is 7.24. The number of alkyl carbamates (subject to hydrolysis) is 1. The van der Waals surface area contributed by atoms with Crippen LogP contribution >= 0.6 is 0 Å². The Morgan fingerprint density at radius 2 is 1.67 bits per heavy atom. The van der Waals surface area contributed by atoms with Crippen molar-refractivity contribution in [3.63, 3.8) is 0 Å². The van der Waals surface area contributed by atoms with Gasteiger partial charge >= 0.3 is 6.09 Å². The fourth-order valence-corrected chi connectivity index (χ4v) is 1.91.